The lowest BCUT2D eigenvalue weighted by Crippen LogP contribution is -2.10. The van der Waals surface area contributed by atoms with Gasteiger partial charge in [0.25, 0.3) is 0 Å². The summed E-state index contributed by atoms with van der Waals surface area (Å²) in [4.78, 5) is 11.7. The Labute approximate surface area is 145 Å². The van der Waals surface area contributed by atoms with Crippen LogP contribution in [0.25, 0.3) is 11.3 Å². The van der Waals surface area contributed by atoms with Gasteiger partial charge < -0.3 is 4.74 Å². The van der Waals surface area contributed by atoms with Gasteiger partial charge >= 0.3 is 0 Å². The highest BCUT2D eigenvalue weighted by Gasteiger charge is 2.29. The number of aryl methyl sites for hydroxylation is 1. The van der Waals surface area contributed by atoms with Gasteiger partial charge in [0.15, 0.2) is 11.3 Å². The van der Waals surface area contributed by atoms with E-state index in [9.17, 15) is 13.2 Å². The quantitative estimate of drug-likeness (QED) is 0.657. The van der Waals surface area contributed by atoms with Crippen LogP contribution in [0.15, 0.2) is 64.5 Å². The molecule has 25 heavy (non-hydrogen) atoms. The maximum absolute atomic E-state index is 13.0. The number of hydrogen-bond donors (Lipinski definition) is 0. The zero-order valence-corrected chi connectivity index (χ0v) is 14.5. The highest BCUT2D eigenvalue weighted by atomic mass is 32.2. The summed E-state index contributed by atoms with van der Waals surface area (Å²) < 4.78 is 32.3. The topological polar surface area (TPSA) is 78.3 Å². The summed E-state index contributed by atoms with van der Waals surface area (Å²) in [5.74, 6) is 0.546. The molecule has 0 N–H and O–H groups in total. The maximum Gasteiger partial charge on any atom is 0.224 e. The molecule has 0 spiro atoms. The standard InChI is InChI=1S/C18H16N2O4S/c1-20-18(25(22,23)15-10-8-14(24-2)9-11-15)16(12-21)17(19-20)13-6-4-3-5-7-13/h3-12H,1-2H3. The molecule has 1 aromatic heterocycles. The van der Waals surface area contributed by atoms with Crippen molar-refractivity contribution in [3.63, 3.8) is 0 Å². The van der Waals surface area contributed by atoms with E-state index >= 15 is 0 Å². The Morgan fingerprint density at radius 2 is 1.68 bits per heavy atom. The Hall–Kier alpha value is -2.93. The molecular weight excluding hydrogens is 340 g/mol. The fourth-order valence-electron chi connectivity index (χ4n) is 2.63. The van der Waals surface area contributed by atoms with Gasteiger partial charge in [0.05, 0.1) is 17.6 Å². The summed E-state index contributed by atoms with van der Waals surface area (Å²) in [5.41, 5.74) is 1.06. The molecule has 3 aromatic rings. The monoisotopic (exact) mass is 356 g/mol. The number of ether oxygens (including phenoxy) is 1. The van der Waals surface area contributed by atoms with Crippen molar-refractivity contribution in [3.8, 4) is 17.0 Å². The van der Waals surface area contributed by atoms with Crippen molar-refractivity contribution >= 4 is 16.1 Å². The van der Waals surface area contributed by atoms with Crippen molar-refractivity contribution in [1.29, 1.82) is 0 Å². The fourth-order valence-corrected chi connectivity index (χ4v) is 4.17. The summed E-state index contributed by atoms with van der Waals surface area (Å²) in [7, 11) is -0.900. The molecule has 0 unspecified atom stereocenters. The van der Waals surface area contributed by atoms with Crippen LogP contribution in [0.5, 0.6) is 5.75 Å². The molecule has 0 radical (unpaired) electrons. The van der Waals surface area contributed by atoms with Gasteiger partial charge in [0, 0.05) is 12.6 Å². The first-order valence-electron chi connectivity index (χ1n) is 7.45. The normalized spacial score (nSPS) is 11.3. The third kappa shape index (κ3) is 2.94. The minimum Gasteiger partial charge on any atom is -0.497 e. The van der Waals surface area contributed by atoms with Crippen LogP contribution in [-0.4, -0.2) is 31.6 Å². The number of benzene rings is 2. The number of rotatable bonds is 5. The Morgan fingerprint density at radius 3 is 2.24 bits per heavy atom. The van der Waals surface area contributed by atoms with E-state index in [1.807, 2.05) is 6.07 Å². The number of aromatic nitrogens is 2. The molecule has 7 heteroatoms. The van der Waals surface area contributed by atoms with Crippen LogP contribution in [0.3, 0.4) is 0 Å². The Kier molecular flexibility index (Phi) is 4.41. The SMILES string of the molecule is COc1ccc(S(=O)(=O)c2c(C=O)c(-c3ccccc3)nn2C)cc1. The molecule has 0 aliphatic heterocycles. The third-order valence-corrected chi connectivity index (χ3v) is 5.70. The second-order valence-electron chi connectivity index (χ2n) is 5.35. The number of methoxy groups -OCH3 is 1. The lowest BCUT2D eigenvalue weighted by molar-refractivity contribution is 0.112. The van der Waals surface area contributed by atoms with Gasteiger partial charge in [-0.3, -0.25) is 9.48 Å². The predicted octanol–water partition coefficient (Wildman–Crippen LogP) is 2.74. The second-order valence-corrected chi connectivity index (χ2v) is 7.22. The van der Waals surface area contributed by atoms with Crippen LogP contribution in [0.2, 0.25) is 0 Å². The van der Waals surface area contributed by atoms with Gasteiger partial charge in [-0.25, -0.2) is 8.42 Å². The van der Waals surface area contributed by atoms with E-state index in [1.54, 1.807) is 36.4 Å². The van der Waals surface area contributed by atoms with E-state index in [-0.39, 0.29) is 15.5 Å². The Bertz CT molecular complexity index is 1010. The Morgan fingerprint density at radius 1 is 1.04 bits per heavy atom. The average Bonchev–Trinajstić information content (AvgIpc) is 2.99. The first-order valence-corrected chi connectivity index (χ1v) is 8.94. The van der Waals surface area contributed by atoms with Gasteiger partial charge in [0.2, 0.25) is 9.84 Å². The lowest BCUT2D eigenvalue weighted by atomic mass is 10.1. The number of nitrogens with zero attached hydrogens (tertiary/aromatic N) is 2. The molecule has 6 nitrogen and oxygen atoms in total. The molecule has 0 atom stereocenters. The fraction of sp³-hybridized carbons (Fsp3) is 0.111. The number of aldehydes is 1. The van der Waals surface area contributed by atoms with Crippen molar-refractivity contribution in [2.75, 3.05) is 7.11 Å². The molecule has 0 saturated carbocycles. The predicted molar refractivity (Wildman–Crippen MR) is 92.5 cm³/mol. The van der Waals surface area contributed by atoms with Crippen molar-refractivity contribution in [2.24, 2.45) is 7.05 Å². The van der Waals surface area contributed by atoms with Gasteiger partial charge in [-0.2, -0.15) is 5.10 Å². The van der Waals surface area contributed by atoms with Crippen LogP contribution in [-0.2, 0) is 16.9 Å². The largest absolute Gasteiger partial charge is 0.497 e. The van der Waals surface area contributed by atoms with Crippen LogP contribution in [0.4, 0.5) is 0 Å². The van der Waals surface area contributed by atoms with Crippen LogP contribution in [0, 0.1) is 0 Å². The summed E-state index contributed by atoms with van der Waals surface area (Å²) in [5, 5.41) is 4.13. The number of hydrogen-bond acceptors (Lipinski definition) is 5. The highest BCUT2D eigenvalue weighted by Crippen LogP contribution is 2.30. The summed E-state index contributed by atoms with van der Waals surface area (Å²) in [6.07, 6.45) is 0.533. The second kappa shape index (κ2) is 6.52. The van der Waals surface area contributed by atoms with Crippen molar-refractivity contribution in [1.82, 2.24) is 9.78 Å². The molecule has 0 saturated heterocycles. The summed E-state index contributed by atoms with van der Waals surface area (Å²) in [6, 6.07) is 15.0. The first kappa shape index (κ1) is 16.9. The van der Waals surface area contributed by atoms with Gasteiger partial charge in [-0.15, -0.1) is 0 Å². The molecular formula is C18H16N2O4S. The van der Waals surface area contributed by atoms with Gasteiger partial charge in [-0.05, 0) is 24.3 Å². The molecule has 0 bridgehead atoms. The zero-order valence-electron chi connectivity index (χ0n) is 13.7. The lowest BCUT2D eigenvalue weighted by Gasteiger charge is -2.07. The summed E-state index contributed by atoms with van der Waals surface area (Å²) >= 11 is 0. The van der Waals surface area contributed by atoms with Gasteiger partial charge in [-0.1, -0.05) is 30.3 Å². The third-order valence-electron chi connectivity index (χ3n) is 3.82. The maximum atomic E-state index is 13.0. The minimum absolute atomic E-state index is 0.0459. The minimum atomic E-state index is -3.91. The van der Waals surface area contributed by atoms with E-state index in [0.29, 0.717) is 23.3 Å². The van der Waals surface area contributed by atoms with E-state index in [1.165, 1.54) is 31.0 Å². The molecule has 0 aliphatic carbocycles. The van der Waals surface area contributed by atoms with Crippen LogP contribution >= 0.6 is 0 Å². The molecule has 128 valence electrons. The number of carbonyl (C=O) groups is 1. The molecule has 2 aromatic carbocycles. The van der Waals surface area contributed by atoms with Gasteiger partial charge in [0.1, 0.15) is 11.4 Å². The van der Waals surface area contributed by atoms with Crippen LogP contribution < -0.4 is 4.74 Å². The summed E-state index contributed by atoms with van der Waals surface area (Å²) in [6.45, 7) is 0. The number of sulfone groups is 1. The van der Waals surface area contributed by atoms with E-state index < -0.39 is 9.84 Å². The molecule has 0 fully saturated rings. The smallest absolute Gasteiger partial charge is 0.224 e. The van der Waals surface area contributed by atoms with Crippen molar-refractivity contribution < 1.29 is 17.9 Å². The first-order chi connectivity index (χ1) is 12.0. The van der Waals surface area contributed by atoms with E-state index in [4.69, 9.17) is 4.74 Å². The molecule has 0 amide bonds. The zero-order chi connectivity index (χ0) is 18.0. The molecule has 3 rings (SSSR count). The highest BCUT2D eigenvalue weighted by molar-refractivity contribution is 7.91. The van der Waals surface area contributed by atoms with E-state index in [0.717, 1.165) is 0 Å². The molecule has 1 heterocycles. The Balaban J connectivity index is 2.19. The van der Waals surface area contributed by atoms with Crippen LogP contribution in [0.1, 0.15) is 10.4 Å². The van der Waals surface area contributed by atoms with Crippen molar-refractivity contribution in [3.05, 3.63) is 60.2 Å². The molecule has 0 aliphatic rings. The van der Waals surface area contributed by atoms with Crippen molar-refractivity contribution in [2.45, 2.75) is 9.92 Å². The van der Waals surface area contributed by atoms with E-state index in [2.05, 4.69) is 5.10 Å². The number of carbonyl (C=O) groups excluding carboxylic acids is 1. The average molecular weight is 356 g/mol.